The summed E-state index contributed by atoms with van der Waals surface area (Å²) in [7, 11) is 0. The molecule has 3 rings (SSSR count). The van der Waals surface area contributed by atoms with E-state index in [4.69, 9.17) is 4.74 Å². The number of benzene rings is 1. The number of ether oxygens (including phenoxy) is 1. The second kappa shape index (κ2) is 7.97. The molecule has 6 heteroatoms. The van der Waals surface area contributed by atoms with E-state index in [1.54, 1.807) is 6.20 Å². The predicted molar refractivity (Wildman–Crippen MR) is 91.9 cm³/mol. The number of amides is 1. The zero-order valence-electron chi connectivity index (χ0n) is 14.1. The van der Waals surface area contributed by atoms with Gasteiger partial charge in [-0.05, 0) is 19.1 Å². The van der Waals surface area contributed by atoms with Gasteiger partial charge in [-0.3, -0.25) is 9.69 Å². The number of rotatable bonds is 6. The quantitative estimate of drug-likeness (QED) is 0.805. The maximum atomic E-state index is 12.3. The van der Waals surface area contributed by atoms with Crippen LogP contribution in [0.5, 0.6) is 5.75 Å². The molecule has 24 heavy (non-hydrogen) atoms. The molecule has 6 nitrogen and oxygen atoms in total. The Hall–Kier alpha value is -2.34. The number of imidazole rings is 1. The van der Waals surface area contributed by atoms with Crippen LogP contribution in [0.4, 0.5) is 0 Å². The van der Waals surface area contributed by atoms with E-state index in [-0.39, 0.29) is 12.5 Å². The number of nitrogens with zero attached hydrogens (tertiary/aromatic N) is 4. The molecule has 1 aliphatic rings. The minimum Gasteiger partial charge on any atom is -0.484 e. The van der Waals surface area contributed by atoms with Gasteiger partial charge in [0.15, 0.2) is 6.61 Å². The van der Waals surface area contributed by atoms with Gasteiger partial charge in [-0.2, -0.15) is 0 Å². The van der Waals surface area contributed by atoms with E-state index in [9.17, 15) is 4.79 Å². The first-order valence-electron chi connectivity index (χ1n) is 8.36. The van der Waals surface area contributed by atoms with E-state index in [1.165, 1.54) is 5.56 Å². The lowest BCUT2D eigenvalue weighted by molar-refractivity contribution is -0.135. The fourth-order valence-electron chi connectivity index (χ4n) is 2.77. The Labute approximate surface area is 142 Å². The van der Waals surface area contributed by atoms with Gasteiger partial charge in [-0.15, -0.1) is 0 Å². The highest BCUT2D eigenvalue weighted by molar-refractivity contribution is 5.77. The summed E-state index contributed by atoms with van der Waals surface area (Å²) >= 11 is 0. The van der Waals surface area contributed by atoms with Gasteiger partial charge in [0, 0.05) is 51.7 Å². The van der Waals surface area contributed by atoms with Crippen molar-refractivity contribution in [3.8, 4) is 5.75 Å². The molecule has 128 valence electrons. The SMILES string of the molecule is Cc1ccc(OCC(=O)N2CCN(CCn3ccnc3)CC2)cc1. The molecule has 0 aliphatic carbocycles. The maximum Gasteiger partial charge on any atom is 0.260 e. The van der Waals surface area contributed by atoms with Gasteiger partial charge in [0.1, 0.15) is 5.75 Å². The summed E-state index contributed by atoms with van der Waals surface area (Å²) in [4.78, 5) is 20.6. The van der Waals surface area contributed by atoms with Gasteiger partial charge >= 0.3 is 0 Å². The average Bonchev–Trinajstić information content (AvgIpc) is 3.13. The van der Waals surface area contributed by atoms with Gasteiger partial charge in [-0.1, -0.05) is 17.7 Å². The van der Waals surface area contributed by atoms with Gasteiger partial charge < -0.3 is 14.2 Å². The van der Waals surface area contributed by atoms with Crippen LogP contribution in [0.1, 0.15) is 5.56 Å². The van der Waals surface area contributed by atoms with Gasteiger partial charge in [0.2, 0.25) is 0 Å². The largest absolute Gasteiger partial charge is 0.484 e. The van der Waals surface area contributed by atoms with Gasteiger partial charge in [-0.25, -0.2) is 4.98 Å². The van der Waals surface area contributed by atoms with E-state index in [0.717, 1.165) is 45.0 Å². The fourth-order valence-corrected chi connectivity index (χ4v) is 2.77. The molecule has 0 saturated carbocycles. The van der Waals surface area contributed by atoms with Crippen molar-refractivity contribution >= 4 is 5.91 Å². The summed E-state index contributed by atoms with van der Waals surface area (Å²) in [6.07, 6.45) is 5.61. The normalized spacial score (nSPS) is 15.5. The van der Waals surface area contributed by atoms with Crippen molar-refractivity contribution in [2.24, 2.45) is 0 Å². The number of carbonyl (C=O) groups is 1. The molecule has 0 bridgehead atoms. The second-order valence-corrected chi connectivity index (χ2v) is 6.12. The second-order valence-electron chi connectivity index (χ2n) is 6.12. The molecule has 2 heterocycles. The summed E-state index contributed by atoms with van der Waals surface area (Å²) in [5, 5.41) is 0. The molecular weight excluding hydrogens is 304 g/mol. The van der Waals surface area contributed by atoms with Crippen LogP contribution in [0.15, 0.2) is 43.0 Å². The molecule has 0 atom stereocenters. The lowest BCUT2D eigenvalue weighted by atomic mass is 10.2. The van der Waals surface area contributed by atoms with Crippen LogP contribution in [-0.2, 0) is 11.3 Å². The molecule has 2 aromatic rings. The van der Waals surface area contributed by atoms with E-state index in [2.05, 4.69) is 14.5 Å². The predicted octanol–water partition coefficient (Wildman–Crippen LogP) is 1.41. The van der Waals surface area contributed by atoms with Crippen molar-refractivity contribution in [2.75, 3.05) is 39.3 Å². The first-order chi connectivity index (χ1) is 11.7. The van der Waals surface area contributed by atoms with Crippen LogP contribution < -0.4 is 4.74 Å². The van der Waals surface area contributed by atoms with E-state index < -0.39 is 0 Å². The summed E-state index contributed by atoms with van der Waals surface area (Å²) < 4.78 is 7.66. The van der Waals surface area contributed by atoms with Gasteiger partial charge in [0.05, 0.1) is 6.33 Å². The molecule has 1 amide bonds. The Morgan fingerprint density at radius 1 is 1.12 bits per heavy atom. The first kappa shape index (κ1) is 16.5. The van der Waals surface area contributed by atoms with Crippen molar-refractivity contribution in [3.63, 3.8) is 0 Å². The van der Waals surface area contributed by atoms with Crippen LogP contribution in [0.3, 0.4) is 0 Å². The van der Waals surface area contributed by atoms with Gasteiger partial charge in [0.25, 0.3) is 5.91 Å². The third kappa shape index (κ3) is 4.58. The smallest absolute Gasteiger partial charge is 0.260 e. The first-order valence-corrected chi connectivity index (χ1v) is 8.36. The molecule has 1 aromatic heterocycles. The Balaban J connectivity index is 1.37. The van der Waals surface area contributed by atoms with E-state index >= 15 is 0 Å². The Morgan fingerprint density at radius 3 is 2.54 bits per heavy atom. The highest BCUT2D eigenvalue weighted by Crippen LogP contribution is 2.12. The lowest BCUT2D eigenvalue weighted by Crippen LogP contribution is -2.50. The number of carbonyl (C=O) groups excluding carboxylic acids is 1. The minimum absolute atomic E-state index is 0.0600. The molecule has 1 saturated heterocycles. The lowest BCUT2D eigenvalue weighted by Gasteiger charge is -2.34. The molecule has 1 fully saturated rings. The molecule has 0 N–H and O–H groups in total. The molecule has 0 unspecified atom stereocenters. The standard InChI is InChI=1S/C18H24N4O2/c1-16-2-4-17(5-3-16)24-14-18(23)22-12-10-20(11-13-22)8-9-21-7-6-19-15-21/h2-7,15H,8-14H2,1H3. The Morgan fingerprint density at radius 2 is 1.88 bits per heavy atom. The molecule has 0 radical (unpaired) electrons. The van der Waals surface area contributed by atoms with Crippen LogP contribution >= 0.6 is 0 Å². The Bertz CT molecular complexity index is 632. The van der Waals surface area contributed by atoms with Crippen molar-refractivity contribution in [1.29, 1.82) is 0 Å². The van der Waals surface area contributed by atoms with E-state index in [0.29, 0.717) is 0 Å². The van der Waals surface area contributed by atoms with Crippen LogP contribution in [-0.4, -0.2) is 64.6 Å². The summed E-state index contributed by atoms with van der Waals surface area (Å²) in [5.74, 6) is 0.803. The van der Waals surface area contributed by atoms with Crippen molar-refractivity contribution in [3.05, 3.63) is 48.5 Å². The third-order valence-electron chi connectivity index (χ3n) is 4.34. The van der Waals surface area contributed by atoms with Crippen molar-refractivity contribution in [1.82, 2.24) is 19.4 Å². The molecular formula is C18H24N4O2. The minimum atomic E-state index is 0.0600. The number of piperazine rings is 1. The number of hydrogen-bond donors (Lipinski definition) is 0. The number of aromatic nitrogens is 2. The third-order valence-corrected chi connectivity index (χ3v) is 4.34. The highest BCUT2D eigenvalue weighted by atomic mass is 16.5. The van der Waals surface area contributed by atoms with Crippen LogP contribution in [0.2, 0.25) is 0 Å². The summed E-state index contributed by atoms with van der Waals surface area (Å²) in [5.41, 5.74) is 1.18. The molecule has 1 aromatic carbocycles. The monoisotopic (exact) mass is 328 g/mol. The number of hydrogen-bond acceptors (Lipinski definition) is 4. The average molecular weight is 328 g/mol. The van der Waals surface area contributed by atoms with Crippen LogP contribution in [0, 0.1) is 6.92 Å². The molecule has 0 spiro atoms. The number of aryl methyl sites for hydroxylation is 1. The van der Waals surface area contributed by atoms with Crippen molar-refractivity contribution in [2.45, 2.75) is 13.5 Å². The van der Waals surface area contributed by atoms with Crippen molar-refractivity contribution < 1.29 is 9.53 Å². The summed E-state index contributed by atoms with van der Waals surface area (Å²) in [6, 6.07) is 7.77. The zero-order valence-corrected chi connectivity index (χ0v) is 14.1. The molecule has 1 aliphatic heterocycles. The van der Waals surface area contributed by atoms with E-state index in [1.807, 2.05) is 48.6 Å². The summed E-state index contributed by atoms with van der Waals surface area (Å²) in [6.45, 7) is 7.40. The van der Waals surface area contributed by atoms with Crippen LogP contribution in [0.25, 0.3) is 0 Å². The fraction of sp³-hybridized carbons (Fsp3) is 0.444. The topological polar surface area (TPSA) is 50.6 Å². The maximum absolute atomic E-state index is 12.3. The zero-order chi connectivity index (χ0) is 16.8. The Kier molecular flexibility index (Phi) is 5.48. The highest BCUT2D eigenvalue weighted by Gasteiger charge is 2.21.